The van der Waals surface area contributed by atoms with Crippen LogP contribution in [0.15, 0.2) is 64.1 Å². The van der Waals surface area contributed by atoms with Crippen molar-refractivity contribution in [1.29, 1.82) is 0 Å². The topological polar surface area (TPSA) is 38.8 Å². The minimum Gasteiger partial charge on any atom is -0.478 e. The van der Waals surface area contributed by atoms with Gasteiger partial charge in [0, 0.05) is 22.4 Å². The van der Waals surface area contributed by atoms with Gasteiger partial charge in [0.25, 0.3) is 0 Å². The highest BCUT2D eigenvalue weighted by Gasteiger charge is 2.33. The Morgan fingerprint density at radius 2 is 2.04 bits per heavy atom. The lowest BCUT2D eigenvalue weighted by Crippen LogP contribution is -2.31. The molecule has 0 saturated carbocycles. The summed E-state index contributed by atoms with van der Waals surface area (Å²) in [5.41, 5.74) is 2.44. The van der Waals surface area contributed by atoms with Gasteiger partial charge >= 0.3 is 0 Å². The molecular formula is C22H16BrNO3S. The maximum absolute atomic E-state index is 12.9. The zero-order valence-electron chi connectivity index (χ0n) is 14.9. The molecule has 0 fully saturated rings. The number of halogens is 1. The summed E-state index contributed by atoms with van der Waals surface area (Å²) in [4.78, 5) is 16.4. The third-order valence-electron chi connectivity index (χ3n) is 4.83. The molecule has 4 nitrogen and oxygen atoms in total. The Hall–Kier alpha value is -2.41. The second-order valence-corrected chi connectivity index (χ2v) is 8.61. The molecule has 2 aliphatic heterocycles. The van der Waals surface area contributed by atoms with Gasteiger partial charge in [0.2, 0.25) is 5.78 Å². The van der Waals surface area contributed by atoms with Crippen LogP contribution in [0.4, 0.5) is 0 Å². The van der Waals surface area contributed by atoms with Crippen LogP contribution >= 0.6 is 27.3 Å². The summed E-state index contributed by atoms with van der Waals surface area (Å²) in [6.07, 6.45) is 1.78. The SMILES string of the molecule is O=C1/C(=C/c2ccccc2Br)Oc2c1ccc1c2CN(Cc2cccs2)CO1. The van der Waals surface area contributed by atoms with Gasteiger partial charge in [-0.3, -0.25) is 9.69 Å². The number of Topliss-reactive ketones (excluding diaryl/α,β-unsaturated/α-hetero) is 1. The Bertz CT molecular complexity index is 1090. The average molecular weight is 454 g/mol. The van der Waals surface area contributed by atoms with E-state index in [0.29, 0.717) is 30.3 Å². The highest BCUT2D eigenvalue weighted by molar-refractivity contribution is 9.10. The lowest BCUT2D eigenvalue weighted by atomic mass is 10.0. The number of fused-ring (bicyclic) bond motifs is 3. The van der Waals surface area contributed by atoms with Crippen molar-refractivity contribution in [3.05, 3.63) is 85.7 Å². The van der Waals surface area contributed by atoms with E-state index in [9.17, 15) is 4.79 Å². The summed E-state index contributed by atoms with van der Waals surface area (Å²) >= 11 is 5.25. The molecule has 0 N–H and O–H groups in total. The van der Waals surface area contributed by atoms with Crippen molar-refractivity contribution < 1.29 is 14.3 Å². The van der Waals surface area contributed by atoms with Crippen LogP contribution < -0.4 is 9.47 Å². The summed E-state index contributed by atoms with van der Waals surface area (Å²) in [6, 6.07) is 15.6. The van der Waals surface area contributed by atoms with Gasteiger partial charge < -0.3 is 9.47 Å². The Morgan fingerprint density at radius 1 is 1.14 bits per heavy atom. The number of ketones is 1. The smallest absolute Gasteiger partial charge is 0.231 e. The number of benzene rings is 2. The normalized spacial score (nSPS) is 17.2. The summed E-state index contributed by atoms with van der Waals surface area (Å²) in [5.74, 6) is 1.66. The first-order valence-electron chi connectivity index (χ1n) is 8.91. The van der Waals surface area contributed by atoms with Gasteiger partial charge in [-0.05, 0) is 41.3 Å². The molecule has 5 rings (SSSR count). The predicted molar refractivity (Wildman–Crippen MR) is 113 cm³/mol. The zero-order chi connectivity index (χ0) is 19.1. The number of carbonyl (C=O) groups is 1. The van der Waals surface area contributed by atoms with Crippen LogP contribution in [0.2, 0.25) is 0 Å². The van der Waals surface area contributed by atoms with Crippen LogP contribution in [0.1, 0.15) is 26.4 Å². The third-order valence-corrected chi connectivity index (χ3v) is 6.42. The minimum atomic E-state index is -0.0936. The van der Waals surface area contributed by atoms with Crippen molar-refractivity contribution in [2.24, 2.45) is 0 Å². The van der Waals surface area contributed by atoms with Crippen molar-refractivity contribution in [2.45, 2.75) is 13.1 Å². The molecule has 0 amide bonds. The van der Waals surface area contributed by atoms with Crippen molar-refractivity contribution in [1.82, 2.24) is 4.90 Å². The number of hydrogen-bond donors (Lipinski definition) is 0. The van der Waals surface area contributed by atoms with Crippen molar-refractivity contribution in [3.63, 3.8) is 0 Å². The molecule has 2 aromatic carbocycles. The van der Waals surface area contributed by atoms with E-state index in [-0.39, 0.29) is 5.78 Å². The van der Waals surface area contributed by atoms with Gasteiger partial charge in [-0.25, -0.2) is 0 Å². The van der Waals surface area contributed by atoms with Gasteiger partial charge in [0.15, 0.2) is 5.76 Å². The first-order chi connectivity index (χ1) is 13.7. The largest absolute Gasteiger partial charge is 0.478 e. The molecule has 140 valence electrons. The Kier molecular flexibility index (Phi) is 4.55. The van der Waals surface area contributed by atoms with E-state index in [1.165, 1.54) is 4.88 Å². The van der Waals surface area contributed by atoms with E-state index in [2.05, 4.69) is 38.3 Å². The van der Waals surface area contributed by atoms with Crippen molar-refractivity contribution in [2.75, 3.05) is 6.73 Å². The molecular weight excluding hydrogens is 438 g/mol. The van der Waals surface area contributed by atoms with E-state index in [1.807, 2.05) is 30.3 Å². The van der Waals surface area contributed by atoms with Crippen molar-refractivity contribution >= 4 is 39.1 Å². The molecule has 0 saturated heterocycles. The highest BCUT2D eigenvalue weighted by Crippen LogP contribution is 2.42. The maximum Gasteiger partial charge on any atom is 0.231 e. The quantitative estimate of drug-likeness (QED) is 0.492. The standard InChI is InChI=1S/C22H16BrNO3S/c23-18-6-2-1-4-14(18)10-20-21(25)16-7-8-19-17(22(16)27-20)12-24(13-26-19)11-15-5-3-9-28-15/h1-10H,11-13H2/b20-10-. The van der Waals surface area contributed by atoms with E-state index < -0.39 is 0 Å². The molecule has 6 heteroatoms. The van der Waals surface area contributed by atoms with Gasteiger partial charge in [-0.2, -0.15) is 0 Å². The molecule has 3 aromatic rings. The van der Waals surface area contributed by atoms with Crippen LogP contribution in [0.5, 0.6) is 11.5 Å². The van der Waals surface area contributed by atoms with Crippen LogP contribution in [0, 0.1) is 0 Å². The predicted octanol–water partition coefficient (Wildman–Crippen LogP) is 5.48. The van der Waals surface area contributed by atoms with E-state index >= 15 is 0 Å². The van der Waals surface area contributed by atoms with E-state index in [4.69, 9.17) is 9.47 Å². The molecule has 2 aliphatic rings. The fourth-order valence-electron chi connectivity index (χ4n) is 3.46. The molecule has 0 unspecified atom stereocenters. The zero-order valence-corrected chi connectivity index (χ0v) is 17.3. The number of hydrogen-bond acceptors (Lipinski definition) is 5. The van der Waals surface area contributed by atoms with Crippen LogP contribution in [-0.4, -0.2) is 17.4 Å². The first kappa shape index (κ1) is 17.7. The fraction of sp³-hybridized carbons (Fsp3) is 0.136. The monoisotopic (exact) mass is 453 g/mol. The lowest BCUT2D eigenvalue weighted by Gasteiger charge is -2.29. The maximum atomic E-state index is 12.9. The number of ether oxygens (including phenoxy) is 2. The molecule has 0 spiro atoms. The molecule has 0 bridgehead atoms. The summed E-state index contributed by atoms with van der Waals surface area (Å²) in [7, 11) is 0. The summed E-state index contributed by atoms with van der Waals surface area (Å²) in [6.45, 7) is 2.03. The summed E-state index contributed by atoms with van der Waals surface area (Å²) < 4.78 is 12.9. The second kappa shape index (κ2) is 7.20. The molecule has 0 radical (unpaired) electrons. The van der Waals surface area contributed by atoms with Gasteiger partial charge in [0.1, 0.15) is 18.2 Å². The fourth-order valence-corrected chi connectivity index (χ4v) is 4.61. The molecule has 1 aromatic heterocycles. The van der Waals surface area contributed by atoms with Crippen molar-refractivity contribution in [3.8, 4) is 11.5 Å². The minimum absolute atomic E-state index is 0.0936. The molecule has 0 aliphatic carbocycles. The molecule has 28 heavy (non-hydrogen) atoms. The number of allylic oxidation sites excluding steroid dienone is 1. The second-order valence-electron chi connectivity index (χ2n) is 6.72. The lowest BCUT2D eigenvalue weighted by molar-refractivity contribution is 0.0882. The number of nitrogens with zero attached hydrogens (tertiary/aromatic N) is 1. The number of carbonyl (C=O) groups excluding carboxylic acids is 1. The Morgan fingerprint density at radius 3 is 2.86 bits per heavy atom. The molecule has 3 heterocycles. The van der Waals surface area contributed by atoms with Gasteiger partial charge in [0.05, 0.1) is 11.1 Å². The van der Waals surface area contributed by atoms with E-state index in [1.54, 1.807) is 23.5 Å². The Balaban J connectivity index is 1.46. The van der Waals surface area contributed by atoms with Crippen LogP contribution in [-0.2, 0) is 13.1 Å². The molecule has 0 atom stereocenters. The third kappa shape index (κ3) is 3.17. The van der Waals surface area contributed by atoms with Crippen LogP contribution in [0.25, 0.3) is 6.08 Å². The highest BCUT2D eigenvalue weighted by atomic mass is 79.9. The first-order valence-corrected chi connectivity index (χ1v) is 10.6. The van der Waals surface area contributed by atoms with Crippen LogP contribution in [0.3, 0.4) is 0 Å². The average Bonchev–Trinajstić information content (AvgIpc) is 3.32. The summed E-state index contributed by atoms with van der Waals surface area (Å²) in [5, 5.41) is 2.08. The van der Waals surface area contributed by atoms with Gasteiger partial charge in [-0.15, -0.1) is 11.3 Å². The number of thiophene rings is 1. The Labute approximate surface area is 175 Å². The van der Waals surface area contributed by atoms with Gasteiger partial charge in [-0.1, -0.05) is 40.2 Å². The van der Waals surface area contributed by atoms with E-state index in [0.717, 1.165) is 27.9 Å². The number of rotatable bonds is 3.